The van der Waals surface area contributed by atoms with Crippen LogP contribution in [0.4, 0.5) is 17.1 Å². The van der Waals surface area contributed by atoms with E-state index in [1.807, 2.05) is 18.2 Å². The Morgan fingerprint density at radius 3 is 2.66 bits per heavy atom. The molecule has 1 N–H and O–H groups in total. The summed E-state index contributed by atoms with van der Waals surface area (Å²) < 4.78 is 7.24. The van der Waals surface area contributed by atoms with Gasteiger partial charge in [0.2, 0.25) is 0 Å². The van der Waals surface area contributed by atoms with Crippen LogP contribution in [0.1, 0.15) is 19.4 Å². The van der Waals surface area contributed by atoms with Crippen LogP contribution in [-0.2, 0) is 4.79 Å². The van der Waals surface area contributed by atoms with Crippen molar-refractivity contribution < 1.29 is 14.5 Å². The Labute approximate surface area is 184 Å². The first-order valence-corrected chi connectivity index (χ1v) is 9.95. The summed E-state index contributed by atoms with van der Waals surface area (Å²) in [5, 5.41) is 25.2. The molecule has 1 amide bonds. The summed E-state index contributed by atoms with van der Waals surface area (Å²) in [5.41, 5.74) is 1.82. The highest BCUT2D eigenvalue weighted by Gasteiger charge is 2.12. The van der Waals surface area contributed by atoms with Crippen molar-refractivity contribution in [2.75, 3.05) is 29.9 Å². The van der Waals surface area contributed by atoms with Crippen molar-refractivity contribution in [2.24, 2.45) is 5.10 Å². The summed E-state index contributed by atoms with van der Waals surface area (Å²) in [6, 6.07) is 11.4. The Balaban J connectivity index is 1.76. The van der Waals surface area contributed by atoms with E-state index in [1.165, 1.54) is 35.5 Å². The Bertz CT molecular complexity index is 1100. The van der Waals surface area contributed by atoms with Crippen molar-refractivity contribution in [3.05, 3.63) is 70.8 Å². The highest BCUT2D eigenvalue weighted by Crippen LogP contribution is 2.25. The van der Waals surface area contributed by atoms with Gasteiger partial charge in [0.15, 0.2) is 6.61 Å². The van der Waals surface area contributed by atoms with Crippen molar-refractivity contribution in [1.29, 1.82) is 0 Å². The predicted molar refractivity (Wildman–Crippen MR) is 120 cm³/mol. The first-order chi connectivity index (χ1) is 15.5. The molecule has 0 bridgehead atoms. The molecule has 2 aromatic carbocycles. The predicted octanol–water partition coefficient (Wildman–Crippen LogP) is 2.93. The van der Waals surface area contributed by atoms with E-state index < -0.39 is 10.8 Å². The third-order valence-corrected chi connectivity index (χ3v) is 4.56. The van der Waals surface area contributed by atoms with Gasteiger partial charge in [0.25, 0.3) is 11.6 Å². The molecular weight excluding hydrogens is 414 g/mol. The first-order valence-electron chi connectivity index (χ1n) is 9.95. The molecule has 32 heavy (non-hydrogen) atoms. The average Bonchev–Trinajstić information content (AvgIpc) is 3.31. The molecule has 0 spiro atoms. The third-order valence-electron chi connectivity index (χ3n) is 4.56. The van der Waals surface area contributed by atoms with Crippen LogP contribution in [-0.4, -0.2) is 51.6 Å². The van der Waals surface area contributed by atoms with Gasteiger partial charge in [-0.05, 0) is 32.0 Å². The van der Waals surface area contributed by atoms with Crippen LogP contribution in [0.2, 0.25) is 0 Å². The largest absolute Gasteiger partial charge is 0.483 e. The highest BCUT2D eigenvalue weighted by molar-refractivity contribution is 5.92. The number of nitrogens with zero attached hydrogens (tertiary/aromatic N) is 6. The quantitative estimate of drug-likeness (QED) is 0.293. The Morgan fingerprint density at radius 2 is 1.97 bits per heavy atom. The standard InChI is InChI=1S/C21H23N7O4/c1-3-26(4-2)18-9-8-16(12-24-27-14-22-23-15-27)20(11-18)32-13-21(29)25-17-6-5-7-19(10-17)28(30)31/h5-12,14-15H,3-4,13H2,1-2H3,(H,25,29)/b24-12+. The van der Waals surface area contributed by atoms with E-state index >= 15 is 0 Å². The van der Waals surface area contributed by atoms with Crippen molar-refractivity contribution in [1.82, 2.24) is 14.9 Å². The molecular formula is C21H23N7O4. The SMILES string of the molecule is CCN(CC)c1ccc(/C=N/n2cnnc2)c(OCC(=O)Nc2cccc([N+](=O)[O-])c2)c1. The first kappa shape index (κ1) is 22.4. The van der Waals surface area contributed by atoms with Gasteiger partial charge < -0.3 is 15.0 Å². The van der Waals surface area contributed by atoms with E-state index in [-0.39, 0.29) is 12.3 Å². The number of hydrogen-bond donors (Lipinski definition) is 1. The number of rotatable bonds is 10. The van der Waals surface area contributed by atoms with Crippen molar-refractivity contribution in [3.8, 4) is 5.75 Å². The van der Waals surface area contributed by atoms with E-state index in [1.54, 1.807) is 12.3 Å². The minimum atomic E-state index is -0.522. The molecule has 0 radical (unpaired) electrons. The number of ether oxygens (including phenoxy) is 1. The second kappa shape index (κ2) is 10.7. The third kappa shape index (κ3) is 5.88. The summed E-state index contributed by atoms with van der Waals surface area (Å²) in [7, 11) is 0. The van der Waals surface area contributed by atoms with Crippen molar-refractivity contribution >= 4 is 29.2 Å². The Kier molecular flexibility index (Phi) is 7.46. The summed E-state index contributed by atoms with van der Waals surface area (Å²) in [6.07, 6.45) is 4.49. The Hall–Kier alpha value is -4.28. The van der Waals surface area contributed by atoms with Crippen molar-refractivity contribution in [3.63, 3.8) is 0 Å². The van der Waals surface area contributed by atoms with Crippen LogP contribution in [0.25, 0.3) is 0 Å². The monoisotopic (exact) mass is 437 g/mol. The molecule has 0 saturated heterocycles. The van der Waals surface area contributed by atoms with Crippen LogP contribution in [0.3, 0.4) is 0 Å². The minimum Gasteiger partial charge on any atom is -0.483 e. The van der Waals surface area contributed by atoms with Crippen LogP contribution >= 0.6 is 0 Å². The molecule has 0 fully saturated rings. The molecule has 0 aliphatic carbocycles. The van der Waals surface area contributed by atoms with Gasteiger partial charge >= 0.3 is 0 Å². The second-order valence-electron chi connectivity index (χ2n) is 6.63. The van der Waals surface area contributed by atoms with Gasteiger partial charge in [-0.2, -0.15) is 5.10 Å². The lowest BCUT2D eigenvalue weighted by Crippen LogP contribution is -2.23. The number of nitro benzene ring substituents is 1. The maximum Gasteiger partial charge on any atom is 0.271 e. The minimum absolute atomic E-state index is 0.108. The smallest absolute Gasteiger partial charge is 0.271 e. The summed E-state index contributed by atoms with van der Waals surface area (Å²) in [4.78, 5) is 24.9. The maximum atomic E-state index is 12.4. The fourth-order valence-corrected chi connectivity index (χ4v) is 2.96. The molecule has 0 aliphatic heterocycles. The molecule has 3 aromatic rings. The molecule has 0 unspecified atom stereocenters. The van der Waals surface area contributed by atoms with Crippen molar-refractivity contribution in [2.45, 2.75) is 13.8 Å². The van der Waals surface area contributed by atoms with E-state index in [0.717, 1.165) is 18.8 Å². The van der Waals surface area contributed by atoms with E-state index in [0.29, 0.717) is 17.0 Å². The van der Waals surface area contributed by atoms with Gasteiger partial charge in [0, 0.05) is 48.2 Å². The summed E-state index contributed by atoms with van der Waals surface area (Å²) in [5.74, 6) is 0.0286. The molecule has 166 valence electrons. The molecule has 11 nitrogen and oxygen atoms in total. The number of non-ortho nitro benzene ring substituents is 1. The van der Waals surface area contributed by atoms with Gasteiger partial charge in [0.05, 0.1) is 11.1 Å². The summed E-state index contributed by atoms with van der Waals surface area (Å²) in [6.45, 7) is 5.46. The van der Waals surface area contributed by atoms with Gasteiger partial charge in [-0.25, -0.2) is 4.68 Å². The van der Waals surface area contributed by atoms with Crippen LogP contribution < -0.4 is 15.0 Å². The normalized spacial score (nSPS) is 10.8. The topological polar surface area (TPSA) is 128 Å². The highest BCUT2D eigenvalue weighted by atomic mass is 16.6. The molecule has 0 saturated carbocycles. The number of anilines is 2. The van der Waals surface area contributed by atoms with E-state index in [9.17, 15) is 14.9 Å². The Morgan fingerprint density at radius 1 is 1.22 bits per heavy atom. The number of nitrogens with one attached hydrogen (secondary N) is 1. The summed E-state index contributed by atoms with van der Waals surface area (Å²) >= 11 is 0. The number of hydrogen-bond acceptors (Lipinski definition) is 8. The van der Waals surface area contributed by atoms with E-state index in [4.69, 9.17) is 4.74 Å². The zero-order valence-corrected chi connectivity index (χ0v) is 17.7. The van der Waals surface area contributed by atoms with E-state index in [2.05, 4.69) is 39.4 Å². The second-order valence-corrected chi connectivity index (χ2v) is 6.63. The number of aromatic nitrogens is 3. The zero-order valence-electron chi connectivity index (χ0n) is 17.7. The fourth-order valence-electron chi connectivity index (χ4n) is 2.96. The molecule has 0 atom stereocenters. The van der Waals surface area contributed by atoms with Gasteiger partial charge in [-0.1, -0.05) is 6.07 Å². The maximum absolute atomic E-state index is 12.4. The van der Waals surface area contributed by atoms with Crippen LogP contribution in [0.15, 0.2) is 60.2 Å². The fraction of sp³-hybridized carbons (Fsp3) is 0.238. The number of carbonyl (C=O) groups is 1. The lowest BCUT2D eigenvalue weighted by molar-refractivity contribution is -0.384. The average molecular weight is 437 g/mol. The number of carbonyl (C=O) groups excluding carboxylic acids is 1. The number of amides is 1. The number of benzene rings is 2. The van der Waals surface area contributed by atoms with Gasteiger partial charge in [0.1, 0.15) is 18.4 Å². The molecule has 1 aromatic heterocycles. The van der Waals surface area contributed by atoms with Crippen LogP contribution in [0, 0.1) is 10.1 Å². The van der Waals surface area contributed by atoms with Crippen LogP contribution in [0.5, 0.6) is 5.75 Å². The molecule has 11 heteroatoms. The number of nitro groups is 1. The zero-order chi connectivity index (χ0) is 22.9. The molecule has 3 rings (SSSR count). The van der Waals surface area contributed by atoms with Gasteiger partial charge in [-0.15, -0.1) is 10.2 Å². The molecule has 0 aliphatic rings. The molecule has 1 heterocycles. The lowest BCUT2D eigenvalue weighted by atomic mass is 10.2. The van der Waals surface area contributed by atoms with Gasteiger partial charge in [-0.3, -0.25) is 14.9 Å². The lowest BCUT2D eigenvalue weighted by Gasteiger charge is -2.22.